The normalized spacial score (nSPS) is 10.5. The predicted octanol–water partition coefficient (Wildman–Crippen LogP) is 4.91. The Hall–Kier alpha value is -1.91. The lowest BCUT2D eigenvalue weighted by atomic mass is 10.2. The molecule has 5 heteroatoms. The van der Waals surface area contributed by atoms with Crippen LogP contribution in [-0.2, 0) is 0 Å². The second-order valence-electron chi connectivity index (χ2n) is 4.33. The number of anilines is 2. The van der Waals surface area contributed by atoms with Gasteiger partial charge < -0.3 is 5.32 Å². The molecule has 0 aliphatic carbocycles. The fraction of sp³-hybridized carbons (Fsp3) is 0.0667. The Kier molecular flexibility index (Phi) is 3.67. The molecule has 100 valence electrons. The largest absolute Gasteiger partial charge is 0.316 e. The molecule has 0 fully saturated rings. The third kappa shape index (κ3) is 2.98. The van der Waals surface area contributed by atoms with Crippen LogP contribution in [0.3, 0.4) is 0 Å². The van der Waals surface area contributed by atoms with E-state index in [1.165, 1.54) is 0 Å². The third-order valence-electron chi connectivity index (χ3n) is 2.77. The van der Waals surface area contributed by atoms with Gasteiger partial charge in [-0.25, -0.2) is 9.97 Å². The third-order valence-corrected chi connectivity index (χ3v) is 3.78. The number of rotatable bonds is 3. The number of hydrogen-bond acceptors (Lipinski definition) is 4. The van der Waals surface area contributed by atoms with Crippen LogP contribution in [0.2, 0.25) is 5.02 Å². The first-order valence-electron chi connectivity index (χ1n) is 6.13. The molecule has 3 rings (SSSR count). The van der Waals surface area contributed by atoms with Crippen LogP contribution in [0.25, 0.3) is 11.3 Å². The van der Waals surface area contributed by atoms with Gasteiger partial charge in [-0.2, -0.15) is 0 Å². The number of thiazole rings is 1. The topological polar surface area (TPSA) is 37.8 Å². The quantitative estimate of drug-likeness (QED) is 0.747. The van der Waals surface area contributed by atoms with E-state index in [1.807, 2.05) is 54.8 Å². The van der Waals surface area contributed by atoms with Crippen molar-refractivity contribution in [1.82, 2.24) is 9.97 Å². The van der Waals surface area contributed by atoms with E-state index >= 15 is 0 Å². The van der Waals surface area contributed by atoms with Crippen molar-refractivity contribution in [3.05, 3.63) is 58.6 Å². The zero-order chi connectivity index (χ0) is 13.9. The molecular formula is C15H12ClN3S. The van der Waals surface area contributed by atoms with Crippen LogP contribution in [-0.4, -0.2) is 9.97 Å². The number of hydrogen-bond donors (Lipinski definition) is 1. The van der Waals surface area contributed by atoms with E-state index < -0.39 is 0 Å². The number of nitrogens with zero attached hydrogens (tertiary/aromatic N) is 2. The Balaban J connectivity index is 1.82. The molecule has 3 nitrogen and oxygen atoms in total. The molecule has 0 atom stereocenters. The van der Waals surface area contributed by atoms with E-state index in [2.05, 4.69) is 15.3 Å². The molecule has 0 aliphatic heterocycles. The second kappa shape index (κ2) is 5.61. The molecule has 0 aliphatic rings. The summed E-state index contributed by atoms with van der Waals surface area (Å²) in [6.45, 7) is 1.96. The smallest absolute Gasteiger partial charge is 0.188 e. The number of nitrogens with one attached hydrogen (secondary N) is 1. The Morgan fingerprint density at radius 3 is 2.60 bits per heavy atom. The SMILES string of the molecule is Cc1cccc(Nc2nc(-c3ccc(Cl)cc3)cs2)n1. The summed E-state index contributed by atoms with van der Waals surface area (Å²) in [5.41, 5.74) is 2.96. The molecule has 0 saturated heterocycles. The minimum atomic E-state index is 0.728. The lowest BCUT2D eigenvalue weighted by Gasteiger charge is -2.02. The van der Waals surface area contributed by atoms with Gasteiger partial charge in [0.15, 0.2) is 5.13 Å². The van der Waals surface area contributed by atoms with E-state index in [0.29, 0.717) is 0 Å². The first-order chi connectivity index (χ1) is 9.70. The molecule has 20 heavy (non-hydrogen) atoms. The van der Waals surface area contributed by atoms with Gasteiger partial charge >= 0.3 is 0 Å². The van der Waals surface area contributed by atoms with Gasteiger partial charge in [0, 0.05) is 21.7 Å². The average Bonchev–Trinajstić information content (AvgIpc) is 2.88. The molecule has 1 aromatic carbocycles. The molecule has 2 heterocycles. The number of aryl methyl sites for hydroxylation is 1. The summed E-state index contributed by atoms with van der Waals surface area (Å²) in [6.07, 6.45) is 0. The van der Waals surface area contributed by atoms with Crippen molar-refractivity contribution in [2.24, 2.45) is 0 Å². The van der Waals surface area contributed by atoms with Gasteiger partial charge in [-0.15, -0.1) is 11.3 Å². The molecule has 0 bridgehead atoms. The lowest BCUT2D eigenvalue weighted by molar-refractivity contribution is 1.19. The van der Waals surface area contributed by atoms with Crippen molar-refractivity contribution in [2.75, 3.05) is 5.32 Å². The monoisotopic (exact) mass is 301 g/mol. The van der Waals surface area contributed by atoms with Crippen LogP contribution >= 0.6 is 22.9 Å². The minimum absolute atomic E-state index is 0.728. The zero-order valence-corrected chi connectivity index (χ0v) is 12.4. The maximum atomic E-state index is 5.89. The summed E-state index contributed by atoms with van der Waals surface area (Å²) in [5.74, 6) is 0.807. The van der Waals surface area contributed by atoms with Crippen molar-refractivity contribution in [3.63, 3.8) is 0 Å². The van der Waals surface area contributed by atoms with Gasteiger partial charge in [0.05, 0.1) is 5.69 Å². The second-order valence-corrected chi connectivity index (χ2v) is 5.63. The van der Waals surface area contributed by atoms with Crippen LogP contribution in [0.15, 0.2) is 47.8 Å². The Labute approximate surface area is 126 Å². The summed E-state index contributed by atoms with van der Waals surface area (Å²) in [6, 6.07) is 13.5. The Morgan fingerprint density at radius 2 is 1.85 bits per heavy atom. The van der Waals surface area contributed by atoms with E-state index in [-0.39, 0.29) is 0 Å². The molecule has 1 N–H and O–H groups in total. The van der Waals surface area contributed by atoms with Crippen LogP contribution in [0.4, 0.5) is 10.9 Å². The van der Waals surface area contributed by atoms with Gasteiger partial charge in [0.1, 0.15) is 5.82 Å². The summed E-state index contributed by atoms with van der Waals surface area (Å²) >= 11 is 7.44. The predicted molar refractivity (Wildman–Crippen MR) is 84.8 cm³/mol. The molecule has 0 spiro atoms. The maximum absolute atomic E-state index is 5.89. The minimum Gasteiger partial charge on any atom is -0.316 e. The first kappa shape index (κ1) is 13.1. The molecular weight excluding hydrogens is 290 g/mol. The van der Waals surface area contributed by atoms with Crippen molar-refractivity contribution >= 4 is 33.9 Å². The van der Waals surface area contributed by atoms with Crippen LogP contribution in [0, 0.1) is 6.92 Å². The van der Waals surface area contributed by atoms with Crippen LogP contribution in [0.5, 0.6) is 0 Å². The summed E-state index contributed by atoms with van der Waals surface area (Å²) in [4.78, 5) is 8.96. The molecule has 0 unspecified atom stereocenters. The molecule has 2 aromatic heterocycles. The highest BCUT2D eigenvalue weighted by Gasteiger charge is 2.05. The highest BCUT2D eigenvalue weighted by atomic mass is 35.5. The maximum Gasteiger partial charge on any atom is 0.188 e. The summed E-state index contributed by atoms with van der Waals surface area (Å²) in [7, 11) is 0. The zero-order valence-electron chi connectivity index (χ0n) is 10.8. The van der Waals surface area contributed by atoms with Crippen molar-refractivity contribution in [3.8, 4) is 11.3 Å². The van der Waals surface area contributed by atoms with E-state index in [9.17, 15) is 0 Å². The van der Waals surface area contributed by atoms with Gasteiger partial charge in [0.2, 0.25) is 0 Å². The lowest BCUT2D eigenvalue weighted by Crippen LogP contribution is -1.93. The molecule has 0 radical (unpaired) electrons. The summed E-state index contributed by atoms with van der Waals surface area (Å²) < 4.78 is 0. The highest BCUT2D eigenvalue weighted by Crippen LogP contribution is 2.27. The number of pyridine rings is 1. The van der Waals surface area contributed by atoms with Crippen LogP contribution < -0.4 is 5.32 Å². The van der Waals surface area contributed by atoms with Crippen molar-refractivity contribution in [1.29, 1.82) is 0 Å². The van der Waals surface area contributed by atoms with Gasteiger partial charge in [-0.05, 0) is 31.2 Å². The number of benzene rings is 1. The van der Waals surface area contributed by atoms with Crippen molar-refractivity contribution in [2.45, 2.75) is 6.92 Å². The molecule has 0 amide bonds. The van der Waals surface area contributed by atoms with E-state index in [4.69, 9.17) is 11.6 Å². The fourth-order valence-electron chi connectivity index (χ4n) is 1.81. The van der Waals surface area contributed by atoms with Crippen LogP contribution in [0.1, 0.15) is 5.69 Å². The number of halogens is 1. The van der Waals surface area contributed by atoms with Gasteiger partial charge in [-0.1, -0.05) is 29.8 Å². The Morgan fingerprint density at radius 1 is 1.05 bits per heavy atom. The molecule has 3 aromatic rings. The van der Waals surface area contributed by atoms with E-state index in [1.54, 1.807) is 11.3 Å². The molecule has 0 saturated carbocycles. The number of aromatic nitrogens is 2. The fourth-order valence-corrected chi connectivity index (χ4v) is 2.66. The first-order valence-corrected chi connectivity index (χ1v) is 7.38. The Bertz CT molecular complexity index is 722. The van der Waals surface area contributed by atoms with E-state index in [0.717, 1.165) is 32.9 Å². The highest BCUT2D eigenvalue weighted by molar-refractivity contribution is 7.14. The van der Waals surface area contributed by atoms with Crippen molar-refractivity contribution < 1.29 is 0 Å². The van der Waals surface area contributed by atoms with Gasteiger partial charge in [0.25, 0.3) is 0 Å². The van der Waals surface area contributed by atoms with Gasteiger partial charge in [-0.3, -0.25) is 0 Å². The summed E-state index contributed by atoms with van der Waals surface area (Å²) in [5, 5.41) is 6.79. The standard InChI is InChI=1S/C15H12ClN3S/c1-10-3-2-4-14(17-10)19-15-18-13(9-20-15)11-5-7-12(16)8-6-11/h2-9H,1H3,(H,17,18,19). The average molecular weight is 302 g/mol.